The molecule has 0 aromatic heterocycles. The average Bonchev–Trinajstić information content (AvgIpc) is 2.34. The van der Waals surface area contributed by atoms with E-state index in [9.17, 15) is 14.7 Å². The number of hydrogen-bond donors (Lipinski definition) is 0. The third-order valence-corrected chi connectivity index (χ3v) is 4.14. The summed E-state index contributed by atoms with van der Waals surface area (Å²) < 4.78 is 6.06. The second-order valence-corrected chi connectivity index (χ2v) is 7.65. The van der Waals surface area contributed by atoms with Gasteiger partial charge in [-0.2, -0.15) is 0 Å². The molecule has 0 unspecified atom stereocenters. The van der Waals surface area contributed by atoms with Crippen molar-refractivity contribution in [1.29, 1.82) is 0 Å². The molecule has 1 rings (SSSR count). The van der Waals surface area contributed by atoms with Crippen molar-refractivity contribution in [3.8, 4) is 0 Å². The number of aliphatic carboxylic acids is 1. The molecule has 1 saturated heterocycles. The van der Waals surface area contributed by atoms with E-state index in [2.05, 4.69) is 4.90 Å². The highest BCUT2D eigenvalue weighted by Gasteiger charge is 2.37. The summed E-state index contributed by atoms with van der Waals surface area (Å²) in [5, 5.41) is 11.0. The molecule has 0 aromatic rings. The molecule has 1 aliphatic heterocycles. The first-order valence-electron chi connectivity index (χ1n) is 7.95. The van der Waals surface area contributed by atoms with Gasteiger partial charge in [-0.3, -0.25) is 0 Å². The number of quaternary nitrogens is 1. The first kappa shape index (κ1) is 18.9. The summed E-state index contributed by atoms with van der Waals surface area (Å²) in [6, 6.07) is 0. The molecular weight excluding hydrogens is 284 g/mol. The number of piperidine rings is 1. The van der Waals surface area contributed by atoms with E-state index in [1.54, 1.807) is 0 Å². The summed E-state index contributed by atoms with van der Waals surface area (Å²) in [6.45, 7) is 8.94. The minimum atomic E-state index is -0.970. The van der Waals surface area contributed by atoms with Crippen molar-refractivity contribution in [3.63, 3.8) is 0 Å². The Labute approximate surface area is 133 Å². The van der Waals surface area contributed by atoms with Gasteiger partial charge in [-0.15, -0.1) is 0 Å². The Morgan fingerprint density at radius 2 is 1.77 bits per heavy atom. The Morgan fingerprint density at radius 3 is 2.18 bits per heavy atom. The molecule has 1 aliphatic rings. The second kappa shape index (κ2) is 7.42. The van der Waals surface area contributed by atoms with Gasteiger partial charge in [0.15, 0.2) is 6.54 Å². The van der Waals surface area contributed by atoms with Crippen molar-refractivity contribution in [3.05, 3.63) is 0 Å². The van der Waals surface area contributed by atoms with E-state index in [4.69, 9.17) is 4.74 Å². The lowest BCUT2D eigenvalue weighted by Crippen LogP contribution is -2.59. The van der Waals surface area contributed by atoms with E-state index in [1.165, 1.54) is 0 Å². The summed E-state index contributed by atoms with van der Waals surface area (Å²) in [5.41, 5.74) is -0.494. The average molecular weight is 314 g/mol. The highest BCUT2D eigenvalue weighted by Crippen LogP contribution is 2.24. The fourth-order valence-electron chi connectivity index (χ4n) is 2.87. The molecule has 6 nitrogen and oxygen atoms in total. The number of carboxylic acid groups (broad SMARTS) is 1. The van der Waals surface area contributed by atoms with Crippen LogP contribution in [-0.2, 0) is 14.3 Å². The number of esters is 1. The largest absolute Gasteiger partial charge is 0.550 e. The zero-order chi connectivity index (χ0) is 17.0. The number of likely N-dealkylation sites (tertiary alicyclic amines) is 1. The summed E-state index contributed by atoms with van der Waals surface area (Å²) in [4.78, 5) is 25.3. The zero-order valence-electron chi connectivity index (χ0n) is 14.6. The standard InChI is InChI=1S/C16H30N2O4/c1-16(2,3)22-14(19)12-18(11-8-17(4)5)9-6-13(7-10-18)15(20)21/h13H,6-12H2,1-5H3. The van der Waals surface area contributed by atoms with E-state index >= 15 is 0 Å². The number of rotatable bonds is 6. The summed E-state index contributed by atoms with van der Waals surface area (Å²) in [6.07, 6.45) is 1.14. The van der Waals surface area contributed by atoms with Crippen LogP contribution in [0.5, 0.6) is 0 Å². The monoisotopic (exact) mass is 314 g/mol. The molecule has 0 aromatic carbocycles. The van der Waals surface area contributed by atoms with Gasteiger partial charge in [-0.1, -0.05) is 0 Å². The smallest absolute Gasteiger partial charge is 0.362 e. The minimum absolute atomic E-state index is 0.210. The van der Waals surface area contributed by atoms with Gasteiger partial charge in [-0.05, 0) is 34.9 Å². The maximum Gasteiger partial charge on any atom is 0.362 e. The van der Waals surface area contributed by atoms with Gasteiger partial charge in [0.2, 0.25) is 0 Å². The van der Waals surface area contributed by atoms with Gasteiger partial charge in [0.1, 0.15) is 5.60 Å². The minimum Gasteiger partial charge on any atom is -0.550 e. The van der Waals surface area contributed by atoms with E-state index in [0.29, 0.717) is 37.0 Å². The third kappa shape index (κ3) is 6.32. The quantitative estimate of drug-likeness (QED) is 0.504. The molecule has 0 spiro atoms. The van der Waals surface area contributed by atoms with Crippen LogP contribution >= 0.6 is 0 Å². The van der Waals surface area contributed by atoms with Crippen LogP contribution in [0, 0.1) is 5.92 Å². The lowest BCUT2D eigenvalue weighted by atomic mass is 9.94. The van der Waals surface area contributed by atoms with Crippen LogP contribution in [0.15, 0.2) is 0 Å². The zero-order valence-corrected chi connectivity index (χ0v) is 14.6. The van der Waals surface area contributed by atoms with Gasteiger partial charge in [0, 0.05) is 31.3 Å². The lowest BCUT2D eigenvalue weighted by Gasteiger charge is -2.44. The van der Waals surface area contributed by atoms with Crippen LogP contribution in [0.25, 0.3) is 0 Å². The summed E-state index contributed by atoms with van der Waals surface area (Å²) in [7, 11) is 4.00. The Hall–Kier alpha value is -1.14. The van der Waals surface area contributed by atoms with Gasteiger partial charge >= 0.3 is 5.97 Å². The summed E-state index contributed by atoms with van der Waals surface area (Å²) in [5.74, 6) is -1.56. The molecule has 22 heavy (non-hydrogen) atoms. The van der Waals surface area contributed by atoms with Crippen LogP contribution in [-0.4, -0.2) is 73.7 Å². The van der Waals surface area contributed by atoms with Crippen molar-refractivity contribution in [1.82, 2.24) is 4.90 Å². The van der Waals surface area contributed by atoms with Crippen molar-refractivity contribution in [2.75, 3.05) is 46.8 Å². The van der Waals surface area contributed by atoms with Gasteiger partial charge in [-0.25, -0.2) is 4.79 Å². The molecule has 0 saturated carbocycles. The van der Waals surface area contributed by atoms with E-state index in [0.717, 1.165) is 13.1 Å². The molecule has 128 valence electrons. The third-order valence-electron chi connectivity index (χ3n) is 4.14. The van der Waals surface area contributed by atoms with E-state index < -0.39 is 11.6 Å². The maximum absolute atomic E-state index is 12.2. The number of carboxylic acids is 1. The van der Waals surface area contributed by atoms with Crippen LogP contribution < -0.4 is 5.11 Å². The van der Waals surface area contributed by atoms with Crippen LogP contribution in [0.1, 0.15) is 33.6 Å². The first-order valence-corrected chi connectivity index (χ1v) is 7.95. The predicted molar refractivity (Wildman–Crippen MR) is 81.9 cm³/mol. The summed E-state index contributed by atoms with van der Waals surface area (Å²) >= 11 is 0. The lowest BCUT2D eigenvalue weighted by molar-refractivity contribution is -0.926. The number of hydrogen-bond acceptors (Lipinski definition) is 5. The molecule has 1 fully saturated rings. The number of carbonyl (C=O) groups excluding carboxylic acids is 2. The fraction of sp³-hybridized carbons (Fsp3) is 0.875. The van der Waals surface area contributed by atoms with Gasteiger partial charge in [0.05, 0.1) is 19.6 Å². The number of nitrogens with zero attached hydrogens (tertiary/aromatic N) is 2. The molecule has 1 heterocycles. The number of likely N-dealkylation sites (N-methyl/N-ethyl adjacent to an activating group) is 1. The van der Waals surface area contributed by atoms with Crippen molar-refractivity contribution in [2.45, 2.75) is 39.2 Å². The van der Waals surface area contributed by atoms with E-state index in [1.807, 2.05) is 34.9 Å². The highest BCUT2D eigenvalue weighted by molar-refractivity contribution is 5.71. The Morgan fingerprint density at radius 1 is 1.23 bits per heavy atom. The van der Waals surface area contributed by atoms with Crippen molar-refractivity contribution in [2.24, 2.45) is 5.92 Å². The van der Waals surface area contributed by atoms with Crippen LogP contribution in [0.3, 0.4) is 0 Å². The van der Waals surface area contributed by atoms with Crippen LogP contribution in [0.4, 0.5) is 0 Å². The number of carbonyl (C=O) groups is 2. The molecular formula is C16H30N2O4. The fourth-order valence-corrected chi connectivity index (χ4v) is 2.87. The van der Waals surface area contributed by atoms with Gasteiger partial charge < -0.3 is 24.0 Å². The Balaban J connectivity index is 2.72. The Kier molecular flexibility index (Phi) is 6.38. The normalized spacial score (nSPS) is 26.0. The maximum atomic E-state index is 12.2. The SMILES string of the molecule is CN(C)CC[N+]1(CC(=O)OC(C)(C)C)CCC(C(=O)[O-])CC1. The van der Waals surface area contributed by atoms with Gasteiger partial charge in [0.25, 0.3) is 0 Å². The second-order valence-electron chi connectivity index (χ2n) is 7.65. The predicted octanol–water partition coefficient (Wildman–Crippen LogP) is -0.134. The molecule has 6 heteroatoms. The van der Waals surface area contributed by atoms with E-state index in [-0.39, 0.29) is 11.9 Å². The number of ether oxygens (including phenoxy) is 1. The molecule has 0 bridgehead atoms. The Bertz CT molecular complexity index is 393. The van der Waals surface area contributed by atoms with Crippen LogP contribution in [0.2, 0.25) is 0 Å². The topological polar surface area (TPSA) is 69.7 Å². The molecule has 0 atom stereocenters. The molecule has 0 aliphatic carbocycles. The molecule has 0 amide bonds. The van der Waals surface area contributed by atoms with Crippen molar-refractivity contribution < 1.29 is 23.9 Å². The molecule has 0 radical (unpaired) electrons. The highest BCUT2D eigenvalue weighted by atomic mass is 16.6. The first-order chi connectivity index (χ1) is 10.0. The molecule has 0 N–H and O–H groups in total. The van der Waals surface area contributed by atoms with Crippen molar-refractivity contribution >= 4 is 11.9 Å².